The third-order valence-corrected chi connectivity index (χ3v) is 2.53. The molecule has 15 heavy (non-hydrogen) atoms. The summed E-state index contributed by atoms with van der Waals surface area (Å²) in [5.74, 6) is 0. The Morgan fingerprint density at radius 1 is 0.800 bits per heavy atom. The largest absolute Gasteiger partial charge is 0.352 e. The van der Waals surface area contributed by atoms with Crippen LogP contribution in [0.4, 0.5) is 22.7 Å². The van der Waals surface area contributed by atoms with E-state index in [4.69, 9.17) is 0 Å². The van der Waals surface area contributed by atoms with Crippen LogP contribution in [0.15, 0.2) is 48.5 Å². The highest BCUT2D eigenvalue weighted by atomic mass is 16.5. The van der Waals surface area contributed by atoms with E-state index in [1.165, 1.54) is 5.06 Å². The van der Waals surface area contributed by atoms with Crippen molar-refractivity contribution in [3.63, 3.8) is 0 Å². The van der Waals surface area contributed by atoms with Gasteiger partial charge >= 0.3 is 0 Å². The number of nitrogens with one attached hydrogen (secondary N) is 1. The van der Waals surface area contributed by atoms with Gasteiger partial charge in [-0.1, -0.05) is 24.3 Å². The summed E-state index contributed by atoms with van der Waals surface area (Å²) in [6.45, 7) is 0. The van der Waals surface area contributed by atoms with Crippen LogP contribution in [0.25, 0.3) is 0 Å². The Morgan fingerprint density at radius 3 is 1.80 bits per heavy atom. The van der Waals surface area contributed by atoms with Crippen molar-refractivity contribution in [2.45, 2.75) is 0 Å². The van der Waals surface area contributed by atoms with Crippen LogP contribution < -0.4 is 10.4 Å². The smallest absolute Gasteiger partial charge is 0.0928 e. The third-order valence-electron chi connectivity index (χ3n) is 2.53. The number of rotatable bonds is 0. The highest BCUT2D eigenvalue weighted by Gasteiger charge is 2.19. The van der Waals surface area contributed by atoms with Gasteiger partial charge in [-0.15, -0.1) is 0 Å². The van der Waals surface area contributed by atoms with Crippen molar-refractivity contribution in [1.82, 2.24) is 0 Å². The second-order valence-corrected chi connectivity index (χ2v) is 3.47. The fourth-order valence-electron chi connectivity index (χ4n) is 1.80. The number of benzene rings is 2. The molecular formula is C12H10N2O. The molecule has 2 N–H and O–H groups in total. The molecule has 3 rings (SSSR count). The van der Waals surface area contributed by atoms with Gasteiger partial charge < -0.3 is 5.32 Å². The van der Waals surface area contributed by atoms with E-state index in [0.29, 0.717) is 0 Å². The predicted molar refractivity (Wildman–Crippen MR) is 60.1 cm³/mol. The molecule has 0 fully saturated rings. The average Bonchev–Trinajstić information content (AvgIpc) is 2.30. The van der Waals surface area contributed by atoms with Gasteiger partial charge in [-0.05, 0) is 24.3 Å². The Labute approximate surface area is 87.5 Å². The van der Waals surface area contributed by atoms with Gasteiger partial charge in [-0.25, -0.2) is 5.06 Å². The van der Waals surface area contributed by atoms with Crippen LogP contribution in [-0.2, 0) is 0 Å². The van der Waals surface area contributed by atoms with Crippen LogP contribution >= 0.6 is 0 Å². The highest BCUT2D eigenvalue weighted by molar-refractivity contribution is 5.90. The number of anilines is 4. The molecule has 0 aliphatic carbocycles. The van der Waals surface area contributed by atoms with Crippen LogP contribution in [0.1, 0.15) is 0 Å². The minimum Gasteiger partial charge on any atom is -0.352 e. The summed E-state index contributed by atoms with van der Waals surface area (Å²) >= 11 is 0. The molecule has 1 aliphatic heterocycles. The minimum atomic E-state index is 0.774. The lowest BCUT2D eigenvalue weighted by atomic mass is 10.1. The van der Waals surface area contributed by atoms with Crippen LogP contribution in [0.3, 0.4) is 0 Å². The normalized spacial score (nSPS) is 12.7. The number of para-hydroxylation sites is 4. The van der Waals surface area contributed by atoms with E-state index in [9.17, 15) is 5.21 Å². The number of nitrogens with zero attached hydrogens (tertiary/aromatic N) is 1. The van der Waals surface area contributed by atoms with Crippen molar-refractivity contribution < 1.29 is 5.21 Å². The summed E-state index contributed by atoms with van der Waals surface area (Å²) in [6.07, 6.45) is 0. The first-order valence-corrected chi connectivity index (χ1v) is 4.80. The third kappa shape index (κ3) is 1.17. The lowest BCUT2D eigenvalue weighted by Gasteiger charge is -2.28. The fraction of sp³-hybridized carbons (Fsp3) is 0. The molecule has 0 atom stereocenters. The molecular weight excluding hydrogens is 188 g/mol. The molecule has 3 heteroatoms. The summed E-state index contributed by atoms with van der Waals surface area (Å²) in [6, 6.07) is 15.3. The molecule has 0 saturated carbocycles. The molecule has 1 heterocycles. The molecule has 0 saturated heterocycles. The van der Waals surface area contributed by atoms with E-state index in [2.05, 4.69) is 5.32 Å². The van der Waals surface area contributed by atoms with Gasteiger partial charge in [0.05, 0.1) is 22.7 Å². The molecule has 0 radical (unpaired) electrons. The quantitative estimate of drug-likeness (QED) is 0.682. The molecule has 2 aromatic rings. The lowest BCUT2D eigenvalue weighted by molar-refractivity contribution is 0.301. The summed E-state index contributed by atoms with van der Waals surface area (Å²) in [5, 5.41) is 14.5. The van der Waals surface area contributed by atoms with Crippen LogP contribution in [0.5, 0.6) is 0 Å². The summed E-state index contributed by atoms with van der Waals surface area (Å²) in [4.78, 5) is 0. The van der Waals surface area contributed by atoms with Gasteiger partial charge in [0.15, 0.2) is 0 Å². The molecule has 0 unspecified atom stereocenters. The van der Waals surface area contributed by atoms with Crippen LogP contribution in [-0.4, -0.2) is 5.21 Å². The summed E-state index contributed by atoms with van der Waals surface area (Å²) in [7, 11) is 0. The van der Waals surface area contributed by atoms with Gasteiger partial charge in [0.2, 0.25) is 0 Å². The van der Waals surface area contributed by atoms with Gasteiger partial charge in [0.1, 0.15) is 0 Å². The maximum absolute atomic E-state index is 10.0. The van der Waals surface area contributed by atoms with Crippen molar-refractivity contribution in [2.24, 2.45) is 0 Å². The first-order chi connectivity index (χ1) is 7.36. The van der Waals surface area contributed by atoms with E-state index in [1.807, 2.05) is 48.5 Å². The SMILES string of the molecule is ON1c2ccccc2Nc2ccccc21. The molecule has 3 nitrogen and oxygen atoms in total. The molecule has 0 aromatic heterocycles. The summed E-state index contributed by atoms with van der Waals surface area (Å²) in [5.41, 5.74) is 3.38. The van der Waals surface area contributed by atoms with Crippen molar-refractivity contribution in [3.05, 3.63) is 48.5 Å². The standard InChI is InChI=1S/C12H10N2O/c15-14-11-7-3-1-5-9(11)13-10-6-2-4-8-12(10)14/h1-8,13,15H. The van der Waals surface area contributed by atoms with Crippen LogP contribution in [0, 0.1) is 0 Å². The Morgan fingerprint density at radius 2 is 1.27 bits per heavy atom. The lowest BCUT2D eigenvalue weighted by Crippen LogP contribution is -2.17. The molecule has 74 valence electrons. The number of fused-ring (bicyclic) bond motifs is 2. The molecule has 0 amide bonds. The average molecular weight is 198 g/mol. The van der Waals surface area contributed by atoms with Crippen molar-refractivity contribution in [3.8, 4) is 0 Å². The Bertz CT molecular complexity index is 465. The Balaban J connectivity index is 2.20. The topological polar surface area (TPSA) is 35.5 Å². The Hall–Kier alpha value is -2.00. The zero-order valence-corrected chi connectivity index (χ0v) is 8.01. The van der Waals surface area contributed by atoms with Crippen LogP contribution in [0.2, 0.25) is 0 Å². The van der Waals surface area contributed by atoms with E-state index in [1.54, 1.807) is 0 Å². The zero-order chi connectivity index (χ0) is 10.3. The zero-order valence-electron chi connectivity index (χ0n) is 8.01. The van der Waals surface area contributed by atoms with Crippen molar-refractivity contribution in [2.75, 3.05) is 10.4 Å². The summed E-state index contributed by atoms with van der Waals surface area (Å²) < 4.78 is 0. The minimum absolute atomic E-state index is 0.774. The molecule has 0 spiro atoms. The first-order valence-electron chi connectivity index (χ1n) is 4.80. The van der Waals surface area contributed by atoms with Gasteiger partial charge in [0, 0.05) is 0 Å². The molecule has 2 aromatic carbocycles. The second-order valence-electron chi connectivity index (χ2n) is 3.47. The van der Waals surface area contributed by atoms with Gasteiger partial charge in [-0.3, -0.25) is 5.21 Å². The fourth-order valence-corrected chi connectivity index (χ4v) is 1.80. The maximum atomic E-state index is 10.0. The van der Waals surface area contributed by atoms with Crippen molar-refractivity contribution >= 4 is 22.7 Å². The van der Waals surface area contributed by atoms with E-state index in [-0.39, 0.29) is 0 Å². The Kier molecular flexibility index (Phi) is 1.66. The monoisotopic (exact) mass is 198 g/mol. The molecule has 0 bridgehead atoms. The van der Waals surface area contributed by atoms with E-state index in [0.717, 1.165) is 22.7 Å². The highest BCUT2D eigenvalue weighted by Crippen LogP contribution is 2.41. The maximum Gasteiger partial charge on any atom is 0.0928 e. The second kappa shape index (κ2) is 3.00. The first kappa shape index (κ1) is 8.32. The molecule has 1 aliphatic rings. The van der Waals surface area contributed by atoms with E-state index >= 15 is 0 Å². The van der Waals surface area contributed by atoms with Crippen molar-refractivity contribution in [1.29, 1.82) is 0 Å². The number of hydrogen-bond acceptors (Lipinski definition) is 3. The van der Waals surface area contributed by atoms with Gasteiger partial charge in [0.25, 0.3) is 0 Å². The van der Waals surface area contributed by atoms with Gasteiger partial charge in [-0.2, -0.15) is 0 Å². The van der Waals surface area contributed by atoms with E-state index < -0.39 is 0 Å². The predicted octanol–water partition coefficient (Wildman–Crippen LogP) is 3.27. The number of hydrogen-bond donors (Lipinski definition) is 2.